The van der Waals surface area contributed by atoms with Crippen molar-refractivity contribution in [2.75, 3.05) is 25.1 Å². The third kappa shape index (κ3) is 4.48. The molecule has 1 aromatic rings. The van der Waals surface area contributed by atoms with Crippen molar-refractivity contribution in [1.29, 1.82) is 0 Å². The SMILES string of the molecule is C=CC(=O)Nc1ccccc1CC(=O)N1CCOCC1CC1CCC1. The highest BCUT2D eigenvalue weighted by Gasteiger charge is 2.31. The van der Waals surface area contributed by atoms with Gasteiger partial charge >= 0.3 is 0 Å². The first kappa shape index (κ1) is 17.7. The Hall–Kier alpha value is -2.14. The van der Waals surface area contributed by atoms with E-state index in [1.54, 1.807) is 0 Å². The van der Waals surface area contributed by atoms with Crippen molar-refractivity contribution in [3.63, 3.8) is 0 Å². The molecule has 1 aliphatic carbocycles. The number of benzene rings is 1. The molecule has 1 heterocycles. The van der Waals surface area contributed by atoms with Crippen LogP contribution in [0.1, 0.15) is 31.2 Å². The van der Waals surface area contributed by atoms with E-state index >= 15 is 0 Å². The number of rotatable bonds is 6. The van der Waals surface area contributed by atoms with E-state index in [2.05, 4.69) is 11.9 Å². The predicted octanol–water partition coefficient (Wildman–Crippen LogP) is 2.77. The third-order valence-corrected chi connectivity index (χ3v) is 5.18. The summed E-state index contributed by atoms with van der Waals surface area (Å²) in [6.45, 7) is 5.36. The number of nitrogens with one attached hydrogen (secondary N) is 1. The maximum absolute atomic E-state index is 12.9. The van der Waals surface area contributed by atoms with E-state index in [-0.39, 0.29) is 24.3 Å². The molecule has 1 aromatic carbocycles. The Morgan fingerprint density at radius 2 is 2.12 bits per heavy atom. The summed E-state index contributed by atoms with van der Waals surface area (Å²) >= 11 is 0. The summed E-state index contributed by atoms with van der Waals surface area (Å²) in [6.07, 6.45) is 6.41. The summed E-state index contributed by atoms with van der Waals surface area (Å²) in [4.78, 5) is 26.5. The van der Waals surface area contributed by atoms with Gasteiger partial charge in [0.15, 0.2) is 0 Å². The molecule has 2 fully saturated rings. The summed E-state index contributed by atoms with van der Waals surface area (Å²) in [5.74, 6) is 0.572. The molecule has 3 rings (SSSR count). The second-order valence-corrected chi connectivity index (χ2v) is 6.88. The lowest BCUT2D eigenvalue weighted by Gasteiger charge is -2.39. The van der Waals surface area contributed by atoms with Crippen molar-refractivity contribution >= 4 is 17.5 Å². The van der Waals surface area contributed by atoms with Crippen LogP contribution in [0.2, 0.25) is 0 Å². The lowest BCUT2D eigenvalue weighted by Crippen LogP contribution is -2.50. The number of carbonyl (C=O) groups excluding carboxylic acids is 2. The third-order valence-electron chi connectivity index (χ3n) is 5.18. The van der Waals surface area contributed by atoms with E-state index in [1.807, 2.05) is 29.2 Å². The smallest absolute Gasteiger partial charge is 0.247 e. The molecule has 1 saturated carbocycles. The molecule has 134 valence electrons. The minimum atomic E-state index is -0.269. The number of carbonyl (C=O) groups is 2. The molecule has 0 aromatic heterocycles. The molecule has 0 radical (unpaired) electrons. The predicted molar refractivity (Wildman–Crippen MR) is 97.3 cm³/mol. The van der Waals surface area contributed by atoms with Gasteiger partial charge in [0.1, 0.15) is 0 Å². The number of para-hydroxylation sites is 1. The Bertz CT molecular complexity index is 640. The van der Waals surface area contributed by atoms with Crippen molar-refractivity contribution in [1.82, 2.24) is 4.90 Å². The Morgan fingerprint density at radius 1 is 1.32 bits per heavy atom. The zero-order chi connectivity index (χ0) is 17.6. The highest BCUT2D eigenvalue weighted by Crippen LogP contribution is 2.32. The normalized spacial score (nSPS) is 20.6. The van der Waals surface area contributed by atoms with Crippen molar-refractivity contribution in [2.24, 2.45) is 5.92 Å². The molecule has 5 nitrogen and oxygen atoms in total. The van der Waals surface area contributed by atoms with Crippen LogP contribution in [0.15, 0.2) is 36.9 Å². The standard InChI is InChI=1S/C20H26N2O3/c1-2-19(23)21-18-9-4-3-8-16(18)13-20(24)22-10-11-25-14-17(22)12-15-6-5-7-15/h2-4,8-9,15,17H,1,5-7,10-14H2,(H,21,23). The summed E-state index contributed by atoms with van der Waals surface area (Å²) in [5.41, 5.74) is 1.50. The summed E-state index contributed by atoms with van der Waals surface area (Å²) < 4.78 is 5.61. The van der Waals surface area contributed by atoms with Crippen LogP contribution in [0.4, 0.5) is 5.69 Å². The molecule has 2 amide bonds. The lowest BCUT2D eigenvalue weighted by molar-refractivity contribution is -0.140. The van der Waals surface area contributed by atoms with Crippen LogP contribution >= 0.6 is 0 Å². The molecular weight excluding hydrogens is 316 g/mol. The van der Waals surface area contributed by atoms with Crippen LogP contribution in [0, 0.1) is 5.92 Å². The van der Waals surface area contributed by atoms with E-state index in [0.717, 1.165) is 17.9 Å². The van der Waals surface area contributed by atoms with Crippen LogP contribution in [-0.2, 0) is 20.7 Å². The van der Waals surface area contributed by atoms with Crippen LogP contribution in [0.3, 0.4) is 0 Å². The highest BCUT2D eigenvalue weighted by molar-refractivity contribution is 5.99. The number of ether oxygens (including phenoxy) is 1. The van der Waals surface area contributed by atoms with E-state index in [1.165, 1.54) is 25.3 Å². The quantitative estimate of drug-likeness (QED) is 0.809. The van der Waals surface area contributed by atoms with Gasteiger partial charge in [-0.1, -0.05) is 44.0 Å². The molecule has 1 atom stereocenters. The molecule has 1 aliphatic heterocycles. The molecule has 25 heavy (non-hydrogen) atoms. The Labute approximate surface area is 149 Å². The van der Waals surface area contributed by atoms with Gasteiger partial charge in [-0.05, 0) is 30.0 Å². The van der Waals surface area contributed by atoms with Gasteiger partial charge in [0.2, 0.25) is 11.8 Å². The first-order valence-electron chi connectivity index (χ1n) is 9.06. The molecule has 1 N–H and O–H groups in total. The molecule has 1 unspecified atom stereocenters. The van der Waals surface area contributed by atoms with Crippen LogP contribution in [0.25, 0.3) is 0 Å². The molecule has 0 bridgehead atoms. The fourth-order valence-electron chi connectivity index (χ4n) is 3.54. The van der Waals surface area contributed by atoms with E-state index in [0.29, 0.717) is 25.4 Å². The molecule has 2 aliphatic rings. The summed E-state index contributed by atoms with van der Waals surface area (Å²) in [7, 11) is 0. The Kier molecular flexibility index (Phi) is 5.87. The lowest BCUT2D eigenvalue weighted by atomic mass is 9.80. The van der Waals surface area contributed by atoms with Crippen molar-refractivity contribution < 1.29 is 14.3 Å². The zero-order valence-electron chi connectivity index (χ0n) is 14.6. The van der Waals surface area contributed by atoms with Crippen molar-refractivity contribution in [3.8, 4) is 0 Å². The van der Waals surface area contributed by atoms with Gasteiger partial charge in [0, 0.05) is 12.2 Å². The Morgan fingerprint density at radius 3 is 2.84 bits per heavy atom. The molecule has 0 spiro atoms. The van der Waals surface area contributed by atoms with Gasteiger partial charge in [-0.2, -0.15) is 0 Å². The minimum Gasteiger partial charge on any atom is -0.377 e. The first-order valence-corrected chi connectivity index (χ1v) is 9.06. The zero-order valence-corrected chi connectivity index (χ0v) is 14.6. The number of hydrogen-bond donors (Lipinski definition) is 1. The maximum atomic E-state index is 12.9. The fourth-order valence-corrected chi connectivity index (χ4v) is 3.54. The number of nitrogens with zero attached hydrogens (tertiary/aromatic N) is 1. The van der Waals surface area contributed by atoms with E-state index < -0.39 is 0 Å². The number of hydrogen-bond acceptors (Lipinski definition) is 3. The number of amides is 2. The second-order valence-electron chi connectivity index (χ2n) is 6.88. The van der Waals surface area contributed by atoms with Gasteiger partial charge in [-0.25, -0.2) is 0 Å². The number of anilines is 1. The Balaban J connectivity index is 1.67. The molecule has 1 saturated heterocycles. The van der Waals surface area contributed by atoms with Gasteiger partial charge in [-0.3, -0.25) is 9.59 Å². The van der Waals surface area contributed by atoms with Gasteiger partial charge in [-0.15, -0.1) is 0 Å². The van der Waals surface area contributed by atoms with Crippen LogP contribution in [0.5, 0.6) is 0 Å². The summed E-state index contributed by atoms with van der Waals surface area (Å²) in [6, 6.07) is 7.62. The van der Waals surface area contributed by atoms with Crippen molar-refractivity contribution in [3.05, 3.63) is 42.5 Å². The monoisotopic (exact) mass is 342 g/mol. The molecule has 5 heteroatoms. The maximum Gasteiger partial charge on any atom is 0.247 e. The summed E-state index contributed by atoms with van der Waals surface area (Å²) in [5, 5.41) is 2.78. The highest BCUT2D eigenvalue weighted by atomic mass is 16.5. The van der Waals surface area contributed by atoms with Crippen molar-refractivity contribution in [2.45, 2.75) is 38.1 Å². The average molecular weight is 342 g/mol. The topological polar surface area (TPSA) is 58.6 Å². The van der Waals surface area contributed by atoms with Crippen LogP contribution in [-0.4, -0.2) is 42.5 Å². The van der Waals surface area contributed by atoms with E-state index in [9.17, 15) is 9.59 Å². The molecular formula is C20H26N2O3. The van der Waals surface area contributed by atoms with Crippen LogP contribution < -0.4 is 5.32 Å². The van der Waals surface area contributed by atoms with Gasteiger partial charge < -0.3 is 15.0 Å². The minimum absolute atomic E-state index is 0.105. The largest absolute Gasteiger partial charge is 0.377 e. The number of morpholine rings is 1. The fraction of sp³-hybridized carbons (Fsp3) is 0.500. The first-order chi connectivity index (χ1) is 12.2. The van der Waals surface area contributed by atoms with E-state index in [4.69, 9.17) is 4.74 Å². The second kappa shape index (κ2) is 8.30. The van der Waals surface area contributed by atoms with Gasteiger partial charge in [0.25, 0.3) is 0 Å². The van der Waals surface area contributed by atoms with Gasteiger partial charge in [0.05, 0.1) is 25.7 Å². The average Bonchev–Trinajstić information content (AvgIpc) is 2.60.